The van der Waals surface area contributed by atoms with Gasteiger partial charge in [0.25, 0.3) is 11.8 Å². The normalized spacial score (nSPS) is 16.5. The van der Waals surface area contributed by atoms with Gasteiger partial charge in [0, 0.05) is 74.8 Å². The van der Waals surface area contributed by atoms with Crippen molar-refractivity contribution in [3.05, 3.63) is 86.5 Å². The van der Waals surface area contributed by atoms with Crippen LogP contribution in [0.1, 0.15) is 82.4 Å². The second kappa shape index (κ2) is 23.9. The molecule has 68 heavy (non-hydrogen) atoms. The number of fused-ring (bicyclic) bond motifs is 2. The predicted molar refractivity (Wildman–Crippen MR) is 254 cm³/mol. The SMILES string of the molecule is COc1cc(Cc2c(C#N)cnc3cc(OCCCN4CCN(CCCCCCOCCOCC(=O)Nc5cccc6c5C(=O)N(C5CCC(=O)NC5=O)C6=O)CC4)c(OC)cc23)c(Cl)cc1Cl. The number of pyridine rings is 1. The number of amides is 5. The van der Waals surface area contributed by atoms with E-state index >= 15 is 0 Å². The molecule has 17 nitrogen and oxygen atoms in total. The van der Waals surface area contributed by atoms with Gasteiger partial charge in [-0.3, -0.25) is 39.2 Å². The Labute approximate surface area is 404 Å². The molecule has 3 aromatic carbocycles. The Hall–Kier alpha value is -5.87. The summed E-state index contributed by atoms with van der Waals surface area (Å²) in [6.07, 6.45) is 7.06. The van der Waals surface area contributed by atoms with Crippen LogP contribution in [-0.2, 0) is 30.3 Å². The summed E-state index contributed by atoms with van der Waals surface area (Å²) in [4.78, 5) is 73.3. The van der Waals surface area contributed by atoms with Crippen LogP contribution in [0.3, 0.4) is 0 Å². The third kappa shape index (κ3) is 12.2. The number of carbonyl (C=O) groups is 5. The van der Waals surface area contributed by atoms with E-state index in [1.54, 1.807) is 38.6 Å². The van der Waals surface area contributed by atoms with Gasteiger partial charge in [0.05, 0.1) is 67.0 Å². The molecular formula is C49H55Cl2N7O10. The van der Waals surface area contributed by atoms with Gasteiger partial charge in [-0.2, -0.15) is 5.26 Å². The highest BCUT2D eigenvalue weighted by atomic mass is 35.5. The number of nitrogens with zero attached hydrogens (tertiary/aromatic N) is 5. The Morgan fingerprint density at radius 1 is 0.838 bits per heavy atom. The number of hydrogen-bond donors (Lipinski definition) is 2. The summed E-state index contributed by atoms with van der Waals surface area (Å²) >= 11 is 12.8. The van der Waals surface area contributed by atoms with Crippen LogP contribution in [0.5, 0.6) is 17.2 Å². The van der Waals surface area contributed by atoms with Crippen LogP contribution in [0.15, 0.2) is 48.7 Å². The molecule has 0 bridgehead atoms. The number of halogens is 2. The van der Waals surface area contributed by atoms with Gasteiger partial charge >= 0.3 is 0 Å². The van der Waals surface area contributed by atoms with Crippen LogP contribution < -0.4 is 24.8 Å². The fourth-order valence-electron chi connectivity index (χ4n) is 8.66. The van der Waals surface area contributed by atoms with E-state index in [2.05, 4.69) is 31.5 Å². The quantitative estimate of drug-likeness (QED) is 0.0644. The van der Waals surface area contributed by atoms with E-state index in [4.69, 9.17) is 46.9 Å². The maximum Gasteiger partial charge on any atom is 0.264 e. The number of methoxy groups -OCH3 is 2. The molecule has 7 rings (SSSR count). The average molecular weight is 973 g/mol. The van der Waals surface area contributed by atoms with Crippen molar-refractivity contribution in [2.45, 2.75) is 57.4 Å². The van der Waals surface area contributed by atoms with Gasteiger partial charge in [0.15, 0.2) is 11.5 Å². The minimum atomic E-state index is -1.10. The summed E-state index contributed by atoms with van der Waals surface area (Å²) in [6, 6.07) is 12.8. The van der Waals surface area contributed by atoms with Crippen LogP contribution in [-0.4, -0.2) is 142 Å². The molecule has 360 valence electrons. The highest BCUT2D eigenvalue weighted by Gasteiger charge is 2.45. The lowest BCUT2D eigenvalue weighted by atomic mass is 9.96. The summed E-state index contributed by atoms with van der Waals surface area (Å²) in [5.74, 6) is -1.36. The van der Waals surface area contributed by atoms with E-state index in [9.17, 15) is 29.2 Å². The van der Waals surface area contributed by atoms with Crippen molar-refractivity contribution in [3.8, 4) is 23.3 Å². The Bertz CT molecular complexity index is 2560. The Morgan fingerprint density at radius 2 is 1.57 bits per heavy atom. The highest BCUT2D eigenvalue weighted by Crippen LogP contribution is 2.38. The molecule has 2 saturated heterocycles. The fourth-order valence-corrected chi connectivity index (χ4v) is 9.18. The lowest BCUT2D eigenvalue weighted by Gasteiger charge is -2.34. The molecule has 1 aromatic heterocycles. The number of piperidine rings is 1. The summed E-state index contributed by atoms with van der Waals surface area (Å²) in [5.41, 5.74) is 2.88. The Kier molecular flexibility index (Phi) is 17.6. The monoisotopic (exact) mass is 971 g/mol. The van der Waals surface area contributed by atoms with Crippen molar-refractivity contribution < 1.29 is 47.7 Å². The smallest absolute Gasteiger partial charge is 0.264 e. The summed E-state index contributed by atoms with van der Waals surface area (Å²) in [7, 11) is 3.14. The van der Waals surface area contributed by atoms with E-state index in [1.165, 1.54) is 12.1 Å². The molecule has 1 unspecified atom stereocenters. The molecule has 0 spiro atoms. The number of nitriles is 1. The van der Waals surface area contributed by atoms with Crippen molar-refractivity contribution in [1.82, 2.24) is 25.0 Å². The van der Waals surface area contributed by atoms with Crippen molar-refractivity contribution in [3.63, 3.8) is 0 Å². The van der Waals surface area contributed by atoms with E-state index in [0.717, 1.165) is 92.8 Å². The number of benzene rings is 3. The number of aromatic nitrogens is 1. The third-order valence-corrected chi connectivity index (χ3v) is 12.9. The average Bonchev–Trinajstić information content (AvgIpc) is 3.59. The zero-order chi connectivity index (χ0) is 48.2. The van der Waals surface area contributed by atoms with Crippen molar-refractivity contribution in [2.75, 3.05) is 91.8 Å². The molecule has 2 fully saturated rings. The van der Waals surface area contributed by atoms with Gasteiger partial charge in [-0.1, -0.05) is 42.1 Å². The number of carbonyl (C=O) groups excluding carboxylic acids is 5. The van der Waals surface area contributed by atoms with Crippen LogP contribution in [0.25, 0.3) is 10.9 Å². The maximum absolute atomic E-state index is 13.3. The summed E-state index contributed by atoms with van der Waals surface area (Å²) in [6.45, 7) is 7.45. The lowest BCUT2D eigenvalue weighted by Crippen LogP contribution is -2.54. The number of anilines is 1. The first-order valence-electron chi connectivity index (χ1n) is 22.8. The minimum absolute atomic E-state index is 0.00506. The fraction of sp³-hybridized carbons (Fsp3) is 0.449. The number of unbranched alkanes of at least 4 members (excludes halogenated alkanes) is 3. The zero-order valence-electron chi connectivity index (χ0n) is 38.2. The first-order valence-corrected chi connectivity index (χ1v) is 23.5. The van der Waals surface area contributed by atoms with Gasteiger partial charge in [-0.25, -0.2) is 0 Å². The Balaban J connectivity index is 0.728. The van der Waals surface area contributed by atoms with Crippen LogP contribution in [0, 0.1) is 11.3 Å². The second-order valence-corrected chi connectivity index (χ2v) is 17.5. The number of ether oxygens (including phenoxy) is 5. The molecule has 0 radical (unpaired) electrons. The number of nitrogens with one attached hydrogen (secondary N) is 2. The molecule has 0 saturated carbocycles. The second-order valence-electron chi connectivity index (χ2n) is 16.7. The van der Waals surface area contributed by atoms with Crippen molar-refractivity contribution >= 4 is 69.3 Å². The number of hydrogen-bond acceptors (Lipinski definition) is 14. The lowest BCUT2D eigenvalue weighted by molar-refractivity contribution is -0.136. The summed E-state index contributed by atoms with van der Waals surface area (Å²) in [5, 5.41) is 16.4. The zero-order valence-corrected chi connectivity index (χ0v) is 39.7. The van der Waals surface area contributed by atoms with Crippen molar-refractivity contribution in [1.29, 1.82) is 5.26 Å². The molecule has 4 aromatic rings. The molecule has 4 heterocycles. The molecule has 3 aliphatic heterocycles. The van der Waals surface area contributed by atoms with Gasteiger partial charge in [-0.15, -0.1) is 0 Å². The first-order chi connectivity index (χ1) is 33.0. The minimum Gasteiger partial charge on any atom is -0.495 e. The van der Waals surface area contributed by atoms with Crippen LogP contribution in [0.2, 0.25) is 10.0 Å². The molecule has 19 heteroatoms. The molecule has 0 aliphatic carbocycles. The van der Waals surface area contributed by atoms with Gasteiger partial charge in [-0.05, 0) is 73.7 Å². The predicted octanol–water partition coefficient (Wildman–Crippen LogP) is 6.04. The van der Waals surface area contributed by atoms with Gasteiger partial charge < -0.3 is 38.8 Å². The van der Waals surface area contributed by atoms with Gasteiger partial charge in [0.1, 0.15) is 24.5 Å². The van der Waals surface area contributed by atoms with Crippen LogP contribution in [0.4, 0.5) is 5.69 Å². The Morgan fingerprint density at radius 3 is 2.31 bits per heavy atom. The van der Waals surface area contributed by atoms with E-state index < -0.39 is 35.6 Å². The van der Waals surface area contributed by atoms with Crippen molar-refractivity contribution in [2.24, 2.45) is 0 Å². The number of rotatable bonds is 23. The first kappa shape index (κ1) is 50.0. The molecule has 3 aliphatic rings. The summed E-state index contributed by atoms with van der Waals surface area (Å²) < 4.78 is 28.5. The largest absolute Gasteiger partial charge is 0.495 e. The number of imide groups is 2. The molecule has 2 N–H and O–H groups in total. The molecule has 5 amide bonds. The third-order valence-electron chi connectivity index (χ3n) is 12.3. The molecular weight excluding hydrogens is 917 g/mol. The highest BCUT2D eigenvalue weighted by molar-refractivity contribution is 6.36. The molecule has 1 atom stereocenters. The van der Waals surface area contributed by atoms with Gasteiger partial charge in [0.2, 0.25) is 17.7 Å². The maximum atomic E-state index is 13.3. The number of piperazine rings is 1. The van der Waals surface area contributed by atoms with E-state index in [1.807, 2.05) is 12.1 Å². The standard InChI is InChI=1S/C49H55Cl2N7O10/c1-64-41-24-31(36(50)26-37(41)51)23-34-32(28-52)29-53-39-27-43(42(65-2)25-35(34)39)68-20-8-14-57-17-15-56(16-18-57)13-5-3-4-6-19-66-21-22-67-30-45(60)54-38-10-7-9-33-46(38)49(63)58(48(33)62)40-11-12-44(59)55-47(40)61/h7,9-10,24-27,29,40H,3-6,8,11-23,30H2,1-2H3,(H,54,60)(H,55,59,61). The van der Waals surface area contributed by atoms with E-state index in [0.29, 0.717) is 64.6 Å². The van der Waals surface area contributed by atoms with E-state index in [-0.39, 0.29) is 42.9 Å². The van der Waals surface area contributed by atoms with Crippen LogP contribution >= 0.6 is 23.2 Å². The topological polar surface area (TPSA) is 202 Å².